The zero-order valence-electron chi connectivity index (χ0n) is 17.3. The van der Waals surface area contributed by atoms with Crippen LogP contribution in [0.2, 0.25) is 0 Å². The summed E-state index contributed by atoms with van der Waals surface area (Å²) in [6.07, 6.45) is 2.14. The Labute approximate surface area is 175 Å². The third-order valence-corrected chi connectivity index (χ3v) is 5.91. The maximum absolute atomic E-state index is 13.1. The van der Waals surface area contributed by atoms with E-state index in [1.807, 2.05) is 38.1 Å². The molecule has 0 radical (unpaired) electrons. The predicted octanol–water partition coefficient (Wildman–Crippen LogP) is 4.37. The first-order valence-electron chi connectivity index (χ1n) is 9.95. The summed E-state index contributed by atoms with van der Waals surface area (Å²) in [6, 6.07) is 7.78. The number of esters is 1. The Morgan fingerprint density at radius 3 is 2.69 bits per heavy atom. The molecule has 154 valence electrons. The van der Waals surface area contributed by atoms with Crippen molar-refractivity contribution in [3.05, 3.63) is 62.6 Å². The maximum atomic E-state index is 13.1. The number of thioether (sulfide) groups is 1. The number of aromatic nitrogens is 2. The maximum Gasteiger partial charge on any atom is 0.336 e. The number of nitrogens with zero attached hydrogens (tertiary/aromatic N) is 1. The fourth-order valence-corrected chi connectivity index (χ4v) is 4.46. The molecule has 6 nitrogen and oxygen atoms in total. The third-order valence-electron chi connectivity index (χ3n) is 4.95. The molecule has 1 aliphatic heterocycles. The SMILES string of the molecule is CCCCSc1nc2c(c(=O)[nH]1)[C@H](c1ccccc1C)C(C(=O)OCC)=C(C)N2. The van der Waals surface area contributed by atoms with Crippen molar-refractivity contribution in [1.29, 1.82) is 0 Å². The Morgan fingerprint density at radius 2 is 2.00 bits per heavy atom. The molecule has 1 atom stereocenters. The summed E-state index contributed by atoms with van der Waals surface area (Å²) in [4.78, 5) is 33.5. The summed E-state index contributed by atoms with van der Waals surface area (Å²) in [5.41, 5.74) is 3.23. The number of carbonyl (C=O) groups is 1. The van der Waals surface area contributed by atoms with Crippen molar-refractivity contribution < 1.29 is 9.53 Å². The number of fused-ring (bicyclic) bond motifs is 1. The Kier molecular flexibility index (Phi) is 6.79. The van der Waals surface area contributed by atoms with Gasteiger partial charge in [0.1, 0.15) is 5.82 Å². The highest BCUT2D eigenvalue weighted by molar-refractivity contribution is 7.99. The van der Waals surface area contributed by atoms with Gasteiger partial charge in [0, 0.05) is 11.4 Å². The van der Waals surface area contributed by atoms with Gasteiger partial charge in [-0.05, 0) is 38.3 Å². The first-order chi connectivity index (χ1) is 14.0. The second kappa shape index (κ2) is 9.31. The standard InChI is InChI=1S/C22H27N3O3S/c1-5-7-12-29-22-24-19-18(20(26)25-22)17(15-11-9-8-10-13(15)3)16(14(4)23-19)21(27)28-6-2/h8-11,17H,5-7,12H2,1-4H3,(H2,23,24,25,26)/t17-/m1/s1. The number of rotatable bonds is 7. The van der Waals surface area contributed by atoms with Crippen molar-refractivity contribution in [3.63, 3.8) is 0 Å². The Hall–Kier alpha value is -2.54. The molecule has 3 rings (SSSR count). The topological polar surface area (TPSA) is 84.1 Å². The van der Waals surface area contributed by atoms with E-state index in [4.69, 9.17) is 4.74 Å². The smallest absolute Gasteiger partial charge is 0.336 e. The van der Waals surface area contributed by atoms with Crippen molar-refractivity contribution in [2.24, 2.45) is 0 Å². The van der Waals surface area contributed by atoms with Gasteiger partial charge in [-0.25, -0.2) is 9.78 Å². The van der Waals surface area contributed by atoms with Gasteiger partial charge in [-0.1, -0.05) is 49.4 Å². The molecule has 7 heteroatoms. The summed E-state index contributed by atoms with van der Waals surface area (Å²) >= 11 is 1.53. The van der Waals surface area contributed by atoms with E-state index in [9.17, 15) is 9.59 Å². The lowest BCUT2D eigenvalue weighted by atomic mass is 9.80. The van der Waals surface area contributed by atoms with Gasteiger partial charge in [-0.2, -0.15) is 0 Å². The van der Waals surface area contributed by atoms with E-state index in [1.165, 1.54) is 11.8 Å². The second-order valence-electron chi connectivity index (χ2n) is 7.01. The molecule has 0 bridgehead atoms. The molecule has 1 aromatic carbocycles. The van der Waals surface area contributed by atoms with Gasteiger partial charge in [-0.3, -0.25) is 4.79 Å². The van der Waals surface area contributed by atoms with Crippen LogP contribution in [0.25, 0.3) is 0 Å². The van der Waals surface area contributed by atoms with E-state index in [2.05, 4.69) is 22.2 Å². The zero-order valence-corrected chi connectivity index (χ0v) is 18.1. The number of allylic oxidation sites excluding steroid dienone is 1. The number of ether oxygens (including phenoxy) is 1. The summed E-state index contributed by atoms with van der Waals surface area (Å²) < 4.78 is 5.31. The van der Waals surface area contributed by atoms with E-state index >= 15 is 0 Å². The first-order valence-corrected chi connectivity index (χ1v) is 10.9. The minimum Gasteiger partial charge on any atom is -0.463 e. The number of hydrogen-bond donors (Lipinski definition) is 2. The molecule has 0 fully saturated rings. The quantitative estimate of drug-likeness (QED) is 0.304. The van der Waals surface area contributed by atoms with Gasteiger partial charge in [0.2, 0.25) is 0 Å². The van der Waals surface area contributed by atoms with Crippen LogP contribution in [-0.4, -0.2) is 28.3 Å². The molecule has 29 heavy (non-hydrogen) atoms. The number of hydrogen-bond acceptors (Lipinski definition) is 6. The van der Waals surface area contributed by atoms with Crippen molar-refractivity contribution in [1.82, 2.24) is 9.97 Å². The minimum absolute atomic E-state index is 0.232. The van der Waals surface area contributed by atoms with Crippen LogP contribution in [0.3, 0.4) is 0 Å². The number of nitrogens with one attached hydrogen (secondary N) is 2. The lowest BCUT2D eigenvalue weighted by Gasteiger charge is -2.29. The Bertz CT molecular complexity index is 997. The molecule has 2 N–H and O–H groups in total. The van der Waals surface area contributed by atoms with Crippen LogP contribution < -0.4 is 10.9 Å². The molecule has 0 spiro atoms. The molecular formula is C22H27N3O3S. The van der Waals surface area contributed by atoms with Gasteiger partial charge < -0.3 is 15.0 Å². The van der Waals surface area contributed by atoms with E-state index < -0.39 is 11.9 Å². The van der Waals surface area contributed by atoms with E-state index in [-0.39, 0.29) is 12.2 Å². The van der Waals surface area contributed by atoms with Crippen LogP contribution in [0.15, 0.2) is 45.5 Å². The number of aryl methyl sites for hydroxylation is 1. The average Bonchev–Trinajstić information content (AvgIpc) is 2.67. The minimum atomic E-state index is -0.530. The zero-order chi connectivity index (χ0) is 21.0. The van der Waals surface area contributed by atoms with Gasteiger partial charge in [0.15, 0.2) is 5.16 Å². The van der Waals surface area contributed by atoms with Crippen LogP contribution in [0.4, 0.5) is 5.82 Å². The molecule has 0 aliphatic carbocycles. The molecule has 2 aromatic rings. The normalized spacial score (nSPS) is 15.7. The van der Waals surface area contributed by atoms with Crippen LogP contribution in [0.5, 0.6) is 0 Å². The van der Waals surface area contributed by atoms with Crippen LogP contribution >= 0.6 is 11.8 Å². The van der Waals surface area contributed by atoms with Crippen molar-refractivity contribution in [2.75, 3.05) is 17.7 Å². The highest BCUT2D eigenvalue weighted by atomic mass is 32.2. The van der Waals surface area contributed by atoms with Crippen molar-refractivity contribution in [2.45, 2.75) is 51.6 Å². The van der Waals surface area contributed by atoms with Crippen LogP contribution in [0, 0.1) is 6.92 Å². The van der Waals surface area contributed by atoms with Crippen molar-refractivity contribution in [3.8, 4) is 0 Å². The number of anilines is 1. The number of unbranched alkanes of at least 4 members (excludes halogenated alkanes) is 1. The predicted molar refractivity (Wildman–Crippen MR) is 116 cm³/mol. The summed E-state index contributed by atoms with van der Waals surface area (Å²) in [6.45, 7) is 7.97. The highest BCUT2D eigenvalue weighted by Crippen LogP contribution is 2.41. The summed E-state index contributed by atoms with van der Waals surface area (Å²) in [5.74, 6) is 0.448. The Balaban J connectivity index is 2.16. The summed E-state index contributed by atoms with van der Waals surface area (Å²) in [5, 5.41) is 3.76. The molecule has 0 saturated heterocycles. The van der Waals surface area contributed by atoms with Gasteiger partial charge in [0.05, 0.1) is 23.7 Å². The fraction of sp³-hybridized carbons (Fsp3) is 0.409. The number of benzene rings is 1. The third kappa shape index (κ3) is 4.40. The van der Waals surface area contributed by atoms with E-state index in [1.54, 1.807) is 6.92 Å². The molecular weight excluding hydrogens is 386 g/mol. The molecule has 2 heterocycles. The molecule has 0 unspecified atom stereocenters. The van der Waals surface area contributed by atoms with Crippen LogP contribution in [0.1, 0.15) is 56.2 Å². The van der Waals surface area contributed by atoms with Gasteiger partial charge >= 0.3 is 5.97 Å². The number of carbonyl (C=O) groups excluding carboxylic acids is 1. The lowest BCUT2D eigenvalue weighted by Crippen LogP contribution is -2.31. The van der Waals surface area contributed by atoms with Crippen molar-refractivity contribution >= 4 is 23.5 Å². The Morgan fingerprint density at radius 1 is 1.24 bits per heavy atom. The molecule has 0 saturated carbocycles. The average molecular weight is 414 g/mol. The van der Waals surface area contributed by atoms with Crippen LogP contribution in [-0.2, 0) is 9.53 Å². The second-order valence-corrected chi connectivity index (χ2v) is 8.09. The first kappa shape index (κ1) is 21.2. The molecule has 1 aliphatic rings. The summed E-state index contributed by atoms with van der Waals surface area (Å²) in [7, 11) is 0. The largest absolute Gasteiger partial charge is 0.463 e. The molecule has 1 aromatic heterocycles. The number of H-pyrrole nitrogens is 1. The van der Waals surface area contributed by atoms with E-state index in [0.717, 1.165) is 29.7 Å². The lowest BCUT2D eigenvalue weighted by molar-refractivity contribution is -0.138. The highest BCUT2D eigenvalue weighted by Gasteiger charge is 2.36. The molecule has 0 amide bonds. The van der Waals surface area contributed by atoms with E-state index in [0.29, 0.717) is 27.8 Å². The van der Waals surface area contributed by atoms with Gasteiger partial charge in [-0.15, -0.1) is 0 Å². The fourth-order valence-electron chi connectivity index (χ4n) is 3.51. The van der Waals surface area contributed by atoms with Gasteiger partial charge in [0.25, 0.3) is 5.56 Å². The monoisotopic (exact) mass is 413 g/mol. The number of aromatic amines is 1.